The van der Waals surface area contributed by atoms with Gasteiger partial charge >= 0.3 is 0 Å². The minimum Gasteiger partial charge on any atom is -0.319 e. The first-order valence-corrected chi connectivity index (χ1v) is 8.68. The van der Waals surface area contributed by atoms with E-state index in [1.807, 2.05) is 7.05 Å². The lowest BCUT2D eigenvalue weighted by Gasteiger charge is -2.17. The lowest BCUT2D eigenvalue weighted by atomic mass is 9.92. The summed E-state index contributed by atoms with van der Waals surface area (Å²) in [6, 6.07) is 17.4. The molecule has 0 aliphatic carbocycles. The molecule has 0 heterocycles. The van der Waals surface area contributed by atoms with Crippen LogP contribution in [0.1, 0.15) is 11.1 Å². The Hall–Kier alpha value is -0.390. The minimum absolute atomic E-state index is 0.610. The summed E-state index contributed by atoms with van der Waals surface area (Å²) in [5.74, 6) is 0.610. The predicted octanol–water partition coefficient (Wildman–Crippen LogP) is 4.67. The fourth-order valence-corrected chi connectivity index (χ4v) is 3.24. The predicted molar refractivity (Wildman–Crippen MR) is 98.1 cm³/mol. The maximum absolute atomic E-state index is 3.65. The molecule has 2 aromatic carbocycles. The first-order valence-electron chi connectivity index (χ1n) is 6.81. The molecule has 0 spiro atoms. The zero-order valence-corrected chi connectivity index (χ0v) is 15.3. The highest BCUT2D eigenvalue weighted by atomic mass is 127. The Morgan fingerprint density at radius 2 is 1.75 bits per heavy atom. The molecule has 0 aromatic heterocycles. The largest absolute Gasteiger partial charge is 0.319 e. The average Bonchev–Trinajstić information content (AvgIpc) is 2.44. The van der Waals surface area contributed by atoms with E-state index in [0.29, 0.717) is 5.92 Å². The summed E-state index contributed by atoms with van der Waals surface area (Å²) < 4.78 is 2.51. The summed E-state index contributed by atoms with van der Waals surface area (Å²) in [7, 11) is 2.03. The molecule has 0 fully saturated rings. The molecule has 1 N–H and O–H groups in total. The van der Waals surface area contributed by atoms with E-state index >= 15 is 0 Å². The van der Waals surface area contributed by atoms with Gasteiger partial charge in [0.1, 0.15) is 0 Å². The van der Waals surface area contributed by atoms with Gasteiger partial charge < -0.3 is 5.32 Å². The molecule has 0 bridgehead atoms. The van der Waals surface area contributed by atoms with Crippen LogP contribution in [-0.2, 0) is 12.8 Å². The van der Waals surface area contributed by atoms with Gasteiger partial charge in [0.05, 0.1) is 0 Å². The summed E-state index contributed by atoms with van der Waals surface area (Å²) in [5.41, 5.74) is 2.80. The van der Waals surface area contributed by atoms with E-state index < -0.39 is 0 Å². The van der Waals surface area contributed by atoms with Gasteiger partial charge in [0.2, 0.25) is 0 Å². The molecular weight excluding hydrogens is 425 g/mol. The number of rotatable bonds is 6. The average molecular weight is 444 g/mol. The van der Waals surface area contributed by atoms with E-state index in [1.165, 1.54) is 19.2 Å². The van der Waals surface area contributed by atoms with Gasteiger partial charge in [-0.05, 0) is 84.3 Å². The molecule has 0 saturated carbocycles. The fraction of sp³-hybridized carbons (Fsp3) is 0.294. The lowest BCUT2D eigenvalue weighted by molar-refractivity contribution is 0.492. The van der Waals surface area contributed by atoms with Crippen LogP contribution in [0.25, 0.3) is 0 Å². The van der Waals surface area contributed by atoms with Crippen molar-refractivity contribution in [1.29, 1.82) is 0 Å². The van der Waals surface area contributed by atoms with E-state index in [2.05, 4.69) is 92.4 Å². The topological polar surface area (TPSA) is 12.0 Å². The molecule has 0 amide bonds. The third-order valence-corrected chi connectivity index (χ3v) is 4.89. The lowest BCUT2D eigenvalue weighted by Crippen LogP contribution is -2.23. The summed E-state index contributed by atoms with van der Waals surface area (Å²) in [6.07, 6.45) is 2.20. The van der Waals surface area contributed by atoms with Crippen LogP contribution in [0.4, 0.5) is 0 Å². The van der Waals surface area contributed by atoms with Gasteiger partial charge in [-0.25, -0.2) is 0 Å². The van der Waals surface area contributed by atoms with E-state index in [4.69, 9.17) is 0 Å². The maximum atomic E-state index is 3.65. The SMILES string of the molecule is CNCC(Cc1ccc(I)cc1)Cc1ccccc1Br. The molecule has 1 unspecified atom stereocenters. The van der Waals surface area contributed by atoms with Gasteiger partial charge in [-0.15, -0.1) is 0 Å². The van der Waals surface area contributed by atoms with Gasteiger partial charge in [0.15, 0.2) is 0 Å². The summed E-state index contributed by atoms with van der Waals surface area (Å²) in [5, 5.41) is 3.32. The van der Waals surface area contributed by atoms with E-state index in [-0.39, 0.29) is 0 Å². The van der Waals surface area contributed by atoms with Crippen LogP contribution in [0.3, 0.4) is 0 Å². The van der Waals surface area contributed by atoms with Crippen LogP contribution in [-0.4, -0.2) is 13.6 Å². The monoisotopic (exact) mass is 443 g/mol. The number of nitrogens with one attached hydrogen (secondary N) is 1. The Morgan fingerprint density at radius 1 is 1.05 bits per heavy atom. The number of hydrogen-bond donors (Lipinski definition) is 1. The van der Waals surface area contributed by atoms with E-state index in [9.17, 15) is 0 Å². The van der Waals surface area contributed by atoms with E-state index in [0.717, 1.165) is 19.4 Å². The van der Waals surface area contributed by atoms with Crippen LogP contribution >= 0.6 is 38.5 Å². The molecule has 0 aliphatic rings. The molecule has 2 aromatic rings. The molecule has 1 nitrogen and oxygen atoms in total. The first-order chi connectivity index (χ1) is 9.69. The molecular formula is C17H19BrIN. The van der Waals surface area contributed by atoms with Crippen LogP contribution in [0, 0.1) is 9.49 Å². The Labute approximate surface area is 143 Å². The Bertz CT molecular complexity index is 539. The highest BCUT2D eigenvalue weighted by Gasteiger charge is 2.11. The van der Waals surface area contributed by atoms with Crippen molar-refractivity contribution >= 4 is 38.5 Å². The van der Waals surface area contributed by atoms with Crippen LogP contribution in [0.5, 0.6) is 0 Å². The van der Waals surface area contributed by atoms with Crippen molar-refractivity contribution in [3.8, 4) is 0 Å². The molecule has 2 rings (SSSR count). The van der Waals surface area contributed by atoms with Crippen molar-refractivity contribution < 1.29 is 0 Å². The van der Waals surface area contributed by atoms with Crippen molar-refractivity contribution in [2.24, 2.45) is 5.92 Å². The van der Waals surface area contributed by atoms with Crippen molar-refractivity contribution in [3.05, 3.63) is 67.7 Å². The third-order valence-electron chi connectivity index (χ3n) is 3.40. The molecule has 0 aliphatic heterocycles. The maximum Gasteiger partial charge on any atom is 0.0207 e. The smallest absolute Gasteiger partial charge is 0.0207 e. The van der Waals surface area contributed by atoms with Crippen LogP contribution in [0.15, 0.2) is 53.0 Å². The minimum atomic E-state index is 0.610. The second-order valence-electron chi connectivity index (χ2n) is 5.05. The molecule has 0 radical (unpaired) electrons. The molecule has 3 heteroatoms. The van der Waals surface area contributed by atoms with Gasteiger partial charge in [0, 0.05) is 8.04 Å². The van der Waals surface area contributed by atoms with Gasteiger partial charge in [-0.2, -0.15) is 0 Å². The molecule has 20 heavy (non-hydrogen) atoms. The summed E-state index contributed by atoms with van der Waals surface area (Å²) >= 11 is 6.00. The quantitative estimate of drug-likeness (QED) is 0.639. The Morgan fingerprint density at radius 3 is 2.40 bits per heavy atom. The molecule has 0 saturated heterocycles. The number of benzene rings is 2. The Balaban J connectivity index is 2.07. The third kappa shape index (κ3) is 4.86. The highest BCUT2D eigenvalue weighted by Crippen LogP contribution is 2.21. The first kappa shape index (κ1) is 16.0. The van der Waals surface area contributed by atoms with Crippen molar-refractivity contribution in [2.45, 2.75) is 12.8 Å². The fourth-order valence-electron chi connectivity index (χ4n) is 2.43. The number of halogens is 2. The van der Waals surface area contributed by atoms with Crippen molar-refractivity contribution in [1.82, 2.24) is 5.32 Å². The zero-order chi connectivity index (χ0) is 14.4. The summed E-state index contributed by atoms with van der Waals surface area (Å²) in [6.45, 7) is 1.04. The van der Waals surface area contributed by atoms with Crippen molar-refractivity contribution in [3.63, 3.8) is 0 Å². The van der Waals surface area contributed by atoms with Crippen LogP contribution < -0.4 is 5.32 Å². The highest BCUT2D eigenvalue weighted by molar-refractivity contribution is 14.1. The van der Waals surface area contributed by atoms with Crippen LogP contribution in [0.2, 0.25) is 0 Å². The normalized spacial score (nSPS) is 12.3. The van der Waals surface area contributed by atoms with Gasteiger partial charge in [0.25, 0.3) is 0 Å². The van der Waals surface area contributed by atoms with Gasteiger partial charge in [-0.1, -0.05) is 46.3 Å². The summed E-state index contributed by atoms with van der Waals surface area (Å²) in [4.78, 5) is 0. The molecule has 1 atom stereocenters. The van der Waals surface area contributed by atoms with E-state index in [1.54, 1.807) is 0 Å². The van der Waals surface area contributed by atoms with Gasteiger partial charge in [-0.3, -0.25) is 0 Å². The second kappa shape index (κ2) is 8.15. The zero-order valence-electron chi connectivity index (χ0n) is 11.6. The second-order valence-corrected chi connectivity index (χ2v) is 7.15. The standard InChI is InChI=1S/C17H19BrIN/c1-20-12-14(10-13-6-8-16(19)9-7-13)11-15-4-2-3-5-17(15)18/h2-9,14,20H,10-12H2,1H3. The molecule has 106 valence electrons. The number of hydrogen-bond acceptors (Lipinski definition) is 1. The Kier molecular flexibility index (Phi) is 6.52. The van der Waals surface area contributed by atoms with Crippen molar-refractivity contribution in [2.75, 3.05) is 13.6 Å².